The lowest BCUT2D eigenvalue weighted by molar-refractivity contribution is -0.115. The van der Waals surface area contributed by atoms with E-state index < -0.39 is 10.0 Å². The molecule has 4 N–H and O–H groups in total. The molecule has 1 amide bonds. The maximum atomic E-state index is 13.5. The van der Waals surface area contributed by atoms with Gasteiger partial charge in [0.1, 0.15) is 11.5 Å². The van der Waals surface area contributed by atoms with Crippen molar-refractivity contribution in [3.05, 3.63) is 66.7 Å². The second kappa shape index (κ2) is 12.6. The van der Waals surface area contributed by atoms with E-state index in [4.69, 9.17) is 9.47 Å². The molecule has 0 bridgehead atoms. The van der Waals surface area contributed by atoms with Gasteiger partial charge < -0.3 is 25.4 Å². The van der Waals surface area contributed by atoms with Crippen molar-refractivity contribution in [1.29, 1.82) is 0 Å². The van der Waals surface area contributed by atoms with Crippen LogP contribution in [-0.4, -0.2) is 51.6 Å². The third-order valence-electron chi connectivity index (χ3n) is 5.68. The van der Waals surface area contributed by atoms with Crippen LogP contribution in [0.2, 0.25) is 0 Å². The number of benzene rings is 3. The Morgan fingerprint density at radius 1 is 0.850 bits per heavy atom. The van der Waals surface area contributed by atoms with E-state index in [1.807, 2.05) is 19.9 Å². The monoisotopic (exact) mass is 564 g/mol. The van der Waals surface area contributed by atoms with E-state index in [0.29, 0.717) is 46.4 Å². The van der Waals surface area contributed by atoms with Crippen molar-refractivity contribution in [3.8, 4) is 11.5 Å². The van der Waals surface area contributed by atoms with Gasteiger partial charge in [0.25, 0.3) is 10.0 Å². The van der Waals surface area contributed by atoms with Gasteiger partial charge in [-0.15, -0.1) is 0 Å². The number of nitrogens with one attached hydrogen (secondary N) is 4. The largest absolute Gasteiger partial charge is 0.497 e. The first kappa shape index (κ1) is 28.6. The van der Waals surface area contributed by atoms with Crippen molar-refractivity contribution in [3.63, 3.8) is 0 Å². The minimum atomic E-state index is -4.12. The van der Waals surface area contributed by atoms with Crippen molar-refractivity contribution < 1.29 is 22.7 Å². The van der Waals surface area contributed by atoms with Crippen LogP contribution in [0.1, 0.15) is 13.8 Å². The molecule has 0 fully saturated rings. The predicted molar refractivity (Wildman–Crippen MR) is 156 cm³/mol. The second-order valence-corrected chi connectivity index (χ2v) is 11.0. The molecule has 210 valence electrons. The van der Waals surface area contributed by atoms with E-state index in [1.54, 1.807) is 48.5 Å². The number of methoxy groups -OCH3 is 2. The van der Waals surface area contributed by atoms with Gasteiger partial charge in [0.2, 0.25) is 5.91 Å². The molecule has 0 saturated carbocycles. The van der Waals surface area contributed by atoms with Gasteiger partial charge in [-0.1, -0.05) is 32.0 Å². The topological polar surface area (TPSA) is 144 Å². The van der Waals surface area contributed by atoms with Crippen LogP contribution in [0.25, 0.3) is 11.0 Å². The summed E-state index contributed by atoms with van der Waals surface area (Å²) in [6, 6.07) is 18.3. The number of carbonyl (C=O) groups excluding carboxylic acids is 1. The van der Waals surface area contributed by atoms with Crippen LogP contribution in [0.15, 0.2) is 71.6 Å². The number of hydrogen-bond acceptors (Lipinski definition) is 9. The Bertz CT molecular complexity index is 1590. The Morgan fingerprint density at radius 2 is 1.50 bits per heavy atom. The first-order valence-electron chi connectivity index (χ1n) is 12.6. The SMILES string of the molecule is COc1cc(Nc2nc3ccccc3nc2NS(=O)(=O)c2cccc(NC(=O)CNCC(C)C)c2)cc(OC)c1. The molecule has 4 aromatic rings. The molecular formula is C28H32N6O5S. The lowest BCUT2D eigenvalue weighted by atomic mass is 10.2. The average Bonchev–Trinajstić information content (AvgIpc) is 2.93. The summed E-state index contributed by atoms with van der Waals surface area (Å²) in [5, 5.41) is 8.91. The number of nitrogens with zero attached hydrogens (tertiary/aromatic N) is 2. The molecule has 11 nitrogen and oxygen atoms in total. The van der Waals surface area contributed by atoms with Gasteiger partial charge in [-0.05, 0) is 42.8 Å². The van der Waals surface area contributed by atoms with E-state index in [0.717, 1.165) is 0 Å². The number of aromatic nitrogens is 2. The van der Waals surface area contributed by atoms with E-state index in [9.17, 15) is 13.2 Å². The highest BCUT2D eigenvalue weighted by atomic mass is 32.2. The number of hydrogen-bond donors (Lipinski definition) is 4. The molecule has 0 aliphatic heterocycles. The molecule has 0 aliphatic rings. The number of sulfonamides is 1. The minimum absolute atomic E-state index is 0.00666. The smallest absolute Gasteiger partial charge is 0.263 e. The number of carbonyl (C=O) groups is 1. The fraction of sp³-hybridized carbons (Fsp3) is 0.250. The summed E-state index contributed by atoms with van der Waals surface area (Å²) in [6.45, 7) is 4.89. The Hall–Kier alpha value is -4.42. The molecule has 0 radical (unpaired) electrons. The van der Waals surface area contributed by atoms with Gasteiger partial charge in [0.05, 0.1) is 36.7 Å². The summed E-state index contributed by atoms with van der Waals surface area (Å²) in [5.74, 6) is 1.37. The van der Waals surface area contributed by atoms with E-state index >= 15 is 0 Å². The Morgan fingerprint density at radius 3 is 2.12 bits per heavy atom. The quantitative estimate of drug-likeness (QED) is 0.197. The second-order valence-electron chi connectivity index (χ2n) is 9.34. The maximum absolute atomic E-state index is 13.5. The van der Waals surface area contributed by atoms with Crippen LogP contribution in [0, 0.1) is 5.92 Å². The zero-order valence-electron chi connectivity index (χ0n) is 22.7. The highest BCUT2D eigenvalue weighted by Crippen LogP contribution is 2.31. The van der Waals surface area contributed by atoms with E-state index in [-0.39, 0.29) is 29.0 Å². The van der Waals surface area contributed by atoms with E-state index in [2.05, 4.69) is 30.6 Å². The van der Waals surface area contributed by atoms with Crippen molar-refractivity contribution >= 4 is 50.0 Å². The molecule has 0 saturated heterocycles. The normalized spacial score (nSPS) is 11.3. The Balaban J connectivity index is 1.63. The van der Waals surface area contributed by atoms with Gasteiger partial charge in [-0.25, -0.2) is 18.4 Å². The number of fused-ring (bicyclic) bond motifs is 1. The van der Waals surface area contributed by atoms with Gasteiger partial charge in [-0.3, -0.25) is 9.52 Å². The summed E-state index contributed by atoms with van der Waals surface area (Å²) < 4.78 is 40.1. The zero-order valence-corrected chi connectivity index (χ0v) is 23.5. The van der Waals surface area contributed by atoms with Crippen LogP contribution in [-0.2, 0) is 14.8 Å². The number of amides is 1. The van der Waals surface area contributed by atoms with Crippen molar-refractivity contribution in [2.75, 3.05) is 42.7 Å². The average molecular weight is 565 g/mol. The lowest BCUT2D eigenvalue weighted by Crippen LogP contribution is -2.30. The fourth-order valence-electron chi connectivity index (χ4n) is 3.78. The van der Waals surface area contributed by atoms with E-state index in [1.165, 1.54) is 26.4 Å². The third kappa shape index (κ3) is 7.36. The summed E-state index contributed by atoms with van der Waals surface area (Å²) in [4.78, 5) is 21.4. The van der Waals surface area contributed by atoms with Gasteiger partial charge in [-0.2, -0.15) is 0 Å². The summed E-state index contributed by atoms with van der Waals surface area (Å²) in [6.07, 6.45) is 0. The summed E-state index contributed by atoms with van der Waals surface area (Å²) >= 11 is 0. The predicted octanol–water partition coefficient (Wildman–Crippen LogP) is 4.38. The molecule has 0 aliphatic carbocycles. The number of rotatable bonds is 12. The van der Waals surface area contributed by atoms with Gasteiger partial charge in [0, 0.05) is 29.6 Å². The van der Waals surface area contributed by atoms with Gasteiger partial charge in [0.15, 0.2) is 11.6 Å². The molecule has 0 spiro atoms. The summed E-state index contributed by atoms with van der Waals surface area (Å²) in [7, 11) is -1.05. The maximum Gasteiger partial charge on any atom is 0.263 e. The third-order valence-corrected chi connectivity index (χ3v) is 7.02. The lowest BCUT2D eigenvalue weighted by Gasteiger charge is -2.15. The number of anilines is 4. The van der Waals surface area contributed by atoms with Crippen molar-refractivity contribution in [1.82, 2.24) is 15.3 Å². The van der Waals surface area contributed by atoms with Crippen LogP contribution in [0.4, 0.5) is 23.0 Å². The minimum Gasteiger partial charge on any atom is -0.497 e. The molecule has 12 heteroatoms. The van der Waals surface area contributed by atoms with Crippen LogP contribution >= 0.6 is 0 Å². The first-order chi connectivity index (χ1) is 19.2. The molecule has 4 rings (SSSR count). The molecule has 40 heavy (non-hydrogen) atoms. The number of ether oxygens (including phenoxy) is 2. The summed E-state index contributed by atoms with van der Waals surface area (Å²) in [5.41, 5.74) is 1.98. The molecule has 1 aromatic heterocycles. The Kier molecular flexibility index (Phi) is 9.02. The van der Waals surface area contributed by atoms with Crippen LogP contribution < -0.4 is 30.1 Å². The highest BCUT2D eigenvalue weighted by molar-refractivity contribution is 7.92. The van der Waals surface area contributed by atoms with Gasteiger partial charge >= 0.3 is 0 Å². The fourth-order valence-corrected chi connectivity index (χ4v) is 4.84. The highest BCUT2D eigenvalue weighted by Gasteiger charge is 2.20. The van der Waals surface area contributed by atoms with Crippen LogP contribution in [0.5, 0.6) is 11.5 Å². The molecule has 1 heterocycles. The zero-order chi connectivity index (χ0) is 28.7. The number of para-hydroxylation sites is 2. The molecule has 0 atom stereocenters. The van der Waals surface area contributed by atoms with Crippen molar-refractivity contribution in [2.45, 2.75) is 18.7 Å². The Labute approximate surface area is 233 Å². The van der Waals surface area contributed by atoms with Crippen molar-refractivity contribution in [2.24, 2.45) is 5.92 Å². The standard InChI is InChI=1S/C28H32N6O5S/c1-18(2)16-29-17-26(35)30-19-8-7-9-23(14-19)40(36,37)34-28-27(32-24-10-5-6-11-25(24)33-28)31-20-12-21(38-3)15-22(13-20)39-4/h5-15,18,29H,16-17H2,1-4H3,(H,30,35)(H,31,32)(H,33,34). The molecular weight excluding hydrogens is 532 g/mol. The first-order valence-corrected chi connectivity index (χ1v) is 14.1. The molecule has 0 unspecified atom stereocenters. The van der Waals surface area contributed by atoms with Crippen LogP contribution in [0.3, 0.4) is 0 Å². The molecule has 3 aromatic carbocycles.